The maximum absolute atomic E-state index is 11.0. The number of carboxylic acid groups (broad SMARTS) is 2. The van der Waals surface area contributed by atoms with Gasteiger partial charge in [0.15, 0.2) is 0 Å². The molecule has 2 aromatic rings. The standard InChI is InChI=1S/C8H6O4.C7H8O3S.2Na/c9-7(10)5-2-1-3-6(4-5)8(11)12;1-10-11(8,9)7-5-3-2-4-6-7;;/h1-4H,(H,9,10)(H,11,12);2-6H,1H3;;/q;;2*+1/p-2. The molecular formula is C15H12Na2O7S. The molecule has 0 heterocycles. The molecule has 0 aliphatic carbocycles. The minimum atomic E-state index is -3.50. The normalized spacial score (nSPS) is 9.48. The first kappa shape index (κ1) is 26.5. The second kappa shape index (κ2) is 12.6. The predicted molar refractivity (Wildman–Crippen MR) is 75.7 cm³/mol. The van der Waals surface area contributed by atoms with Crippen LogP contribution < -0.4 is 69.3 Å². The van der Waals surface area contributed by atoms with Crippen LogP contribution in [-0.4, -0.2) is 27.5 Å². The minimum absolute atomic E-state index is 0. The van der Waals surface area contributed by atoms with E-state index in [0.29, 0.717) is 0 Å². The Morgan fingerprint density at radius 2 is 1.28 bits per heavy atom. The molecule has 0 saturated heterocycles. The van der Waals surface area contributed by atoms with Crippen LogP contribution in [0.15, 0.2) is 59.5 Å². The second-order valence-electron chi connectivity index (χ2n) is 4.09. The molecule has 0 radical (unpaired) electrons. The zero-order chi connectivity index (χ0) is 17.5. The predicted octanol–water partition coefficient (Wildman–Crippen LogP) is -6.56. The molecule has 0 aromatic heterocycles. The van der Waals surface area contributed by atoms with Crippen LogP contribution in [0.1, 0.15) is 20.7 Å². The van der Waals surface area contributed by atoms with Crippen LogP contribution >= 0.6 is 0 Å². The Labute approximate surface area is 189 Å². The number of benzene rings is 2. The van der Waals surface area contributed by atoms with E-state index in [4.69, 9.17) is 0 Å². The van der Waals surface area contributed by atoms with Crippen molar-refractivity contribution in [2.45, 2.75) is 4.90 Å². The van der Waals surface area contributed by atoms with Gasteiger partial charge in [-0.05, 0) is 29.3 Å². The fourth-order valence-corrected chi connectivity index (χ4v) is 2.14. The molecule has 122 valence electrons. The molecule has 2 rings (SSSR count). The molecule has 0 fully saturated rings. The van der Waals surface area contributed by atoms with Crippen LogP contribution in [0.4, 0.5) is 0 Å². The zero-order valence-corrected chi connectivity index (χ0v) is 18.8. The van der Waals surface area contributed by atoms with Gasteiger partial charge >= 0.3 is 59.1 Å². The van der Waals surface area contributed by atoms with Gasteiger partial charge in [0.05, 0.1) is 23.9 Å². The molecule has 0 amide bonds. The van der Waals surface area contributed by atoms with E-state index < -0.39 is 22.1 Å². The third-order valence-corrected chi connectivity index (χ3v) is 3.87. The maximum Gasteiger partial charge on any atom is 1.00 e. The first-order chi connectivity index (χ1) is 10.8. The molecular weight excluding hydrogens is 370 g/mol. The van der Waals surface area contributed by atoms with E-state index in [9.17, 15) is 28.2 Å². The van der Waals surface area contributed by atoms with Crippen molar-refractivity contribution in [1.29, 1.82) is 0 Å². The summed E-state index contributed by atoms with van der Waals surface area (Å²) in [6, 6.07) is 12.8. The molecule has 10 heteroatoms. The van der Waals surface area contributed by atoms with Gasteiger partial charge in [0.2, 0.25) is 0 Å². The summed E-state index contributed by atoms with van der Waals surface area (Å²) in [6.45, 7) is 0. The van der Waals surface area contributed by atoms with Gasteiger partial charge < -0.3 is 19.8 Å². The van der Waals surface area contributed by atoms with Gasteiger partial charge in [-0.1, -0.05) is 36.4 Å². The number of carboxylic acids is 2. The summed E-state index contributed by atoms with van der Waals surface area (Å²) >= 11 is 0. The van der Waals surface area contributed by atoms with E-state index >= 15 is 0 Å². The third-order valence-electron chi connectivity index (χ3n) is 2.59. The third kappa shape index (κ3) is 8.98. The molecule has 0 saturated carbocycles. The van der Waals surface area contributed by atoms with Gasteiger partial charge in [-0.15, -0.1) is 0 Å². The molecule has 0 aliphatic rings. The Morgan fingerprint density at radius 3 is 1.64 bits per heavy atom. The molecule has 7 nitrogen and oxygen atoms in total. The fraction of sp³-hybridized carbons (Fsp3) is 0.0667. The van der Waals surface area contributed by atoms with Crippen molar-refractivity contribution in [2.24, 2.45) is 0 Å². The summed E-state index contributed by atoms with van der Waals surface area (Å²) in [6.07, 6.45) is 0. The van der Waals surface area contributed by atoms with Gasteiger partial charge in [-0.2, -0.15) is 8.42 Å². The molecule has 0 atom stereocenters. The van der Waals surface area contributed by atoms with E-state index in [1.54, 1.807) is 18.2 Å². The topological polar surface area (TPSA) is 124 Å². The van der Waals surface area contributed by atoms with Crippen molar-refractivity contribution in [3.63, 3.8) is 0 Å². The average Bonchev–Trinajstić information content (AvgIpc) is 2.56. The van der Waals surface area contributed by atoms with E-state index in [2.05, 4.69) is 4.18 Å². The minimum Gasteiger partial charge on any atom is -0.545 e. The van der Waals surface area contributed by atoms with Crippen molar-refractivity contribution >= 4 is 22.1 Å². The van der Waals surface area contributed by atoms with Crippen LogP contribution in [-0.2, 0) is 14.3 Å². The van der Waals surface area contributed by atoms with Gasteiger partial charge in [-0.3, -0.25) is 4.18 Å². The molecule has 2 aromatic carbocycles. The summed E-state index contributed by atoms with van der Waals surface area (Å²) in [7, 11) is -2.36. The SMILES string of the molecule is COS(=O)(=O)c1ccccc1.O=C([O-])c1cccc(C(=O)[O-])c1.[Na+].[Na+]. The van der Waals surface area contributed by atoms with Crippen molar-refractivity contribution in [1.82, 2.24) is 0 Å². The van der Waals surface area contributed by atoms with E-state index in [1.165, 1.54) is 30.3 Å². The summed E-state index contributed by atoms with van der Waals surface area (Å²) < 4.78 is 26.3. The zero-order valence-electron chi connectivity index (χ0n) is 14.0. The largest absolute Gasteiger partial charge is 1.00 e. The summed E-state index contributed by atoms with van der Waals surface area (Å²) in [5, 5.41) is 20.5. The van der Waals surface area contributed by atoms with Crippen LogP contribution in [0.5, 0.6) is 0 Å². The van der Waals surface area contributed by atoms with Crippen molar-refractivity contribution in [3.8, 4) is 0 Å². The number of carbonyl (C=O) groups is 2. The average molecular weight is 382 g/mol. The van der Waals surface area contributed by atoms with Crippen molar-refractivity contribution in [3.05, 3.63) is 65.7 Å². The summed E-state index contributed by atoms with van der Waals surface area (Å²) in [4.78, 5) is 20.7. The Morgan fingerprint density at radius 1 is 0.840 bits per heavy atom. The second-order valence-corrected chi connectivity index (χ2v) is 5.80. The Bertz CT molecular complexity index is 763. The molecule has 25 heavy (non-hydrogen) atoms. The van der Waals surface area contributed by atoms with Gasteiger partial charge in [0.1, 0.15) is 0 Å². The van der Waals surface area contributed by atoms with E-state index in [1.807, 2.05) is 0 Å². The maximum atomic E-state index is 11.0. The smallest absolute Gasteiger partial charge is 0.545 e. The molecule has 0 bridgehead atoms. The Hall–Kier alpha value is -0.710. The Balaban J connectivity index is 0. The number of hydrogen-bond acceptors (Lipinski definition) is 7. The van der Waals surface area contributed by atoms with Crippen LogP contribution in [0.25, 0.3) is 0 Å². The first-order valence-corrected chi connectivity index (χ1v) is 7.57. The molecule has 0 N–H and O–H groups in total. The van der Waals surface area contributed by atoms with Gasteiger partial charge in [0.25, 0.3) is 10.1 Å². The van der Waals surface area contributed by atoms with Crippen LogP contribution in [0.3, 0.4) is 0 Å². The van der Waals surface area contributed by atoms with Crippen molar-refractivity contribution in [2.75, 3.05) is 7.11 Å². The number of rotatable bonds is 4. The van der Waals surface area contributed by atoms with Crippen LogP contribution in [0, 0.1) is 0 Å². The molecule has 0 spiro atoms. The van der Waals surface area contributed by atoms with Gasteiger partial charge in [-0.25, -0.2) is 0 Å². The molecule has 0 aliphatic heterocycles. The Kier molecular flexibility index (Phi) is 13.4. The number of carbonyl (C=O) groups excluding carboxylic acids is 2. The summed E-state index contributed by atoms with van der Waals surface area (Å²) in [5.41, 5.74) is -0.339. The number of aromatic carboxylic acids is 2. The quantitative estimate of drug-likeness (QED) is 0.380. The van der Waals surface area contributed by atoms with Crippen LogP contribution in [0.2, 0.25) is 0 Å². The fourth-order valence-electron chi connectivity index (χ4n) is 1.46. The van der Waals surface area contributed by atoms with Crippen molar-refractivity contribution < 1.29 is 91.5 Å². The number of hydrogen-bond donors (Lipinski definition) is 0. The first-order valence-electron chi connectivity index (χ1n) is 6.16. The monoisotopic (exact) mass is 382 g/mol. The molecule has 0 unspecified atom stereocenters. The van der Waals surface area contributed by atoms with Gasteiger partial charge in [0, 0.05) is 0 Å². The van der Waals surface area contributed by atoms with E-state index in [-0.39, 0.29) is 75.1 Å². The summed E-state index contributed by atoms with van der Waals surface area (Å²) in [5.74, 6) is -2.81. The van der Waals surface area contributed by atoms with E-state index in [0.717, 1.165) is 13.2 Å².